The Bertz CT molecular complexity index is 294. The number of hydrogen-bond acceptors (Lipinski definition) is 3. The standard InChI is InChI=1S/C10H15N3/c1-10(2)8(3-11)9(10)7-4-12-6-13-5-7/h4-6,8-9H,3,11H2,1-2H3. The minimum atomic E-state index is 0.333. The second-order valence-corrected chi connectivity index (χ2v) is 4.31. The molecule has 2 N–H and O–H groups in total. The van der Waals surface area contributed by atoms with Crippen LogP contribution in [0.4, 0.5) is 0 Å². The highest BCUT2D eigenvalue weighted by Gasteiger charge is 2.57. The molecule has 1 heterocycles. The van der Waals surface area contributed by atoms with Gasteiger partial charge in [0.1, 0.15) is 6.33 Å². The van der Waals surface area contributed by atoms with Crippen molar-refractivity contribution >= 4 is 0 Å². The van der Waals surface area contributed by atoms with E-state index >= 15 is 0 Å². The van der Waals surface area contributed by atoms with Gasteiger partial charge in [0.05, 0.1) is 0 Å². The van der Waals surface area contributed by atoms with Gasteiger partial charge in [-0.05, 0) is 29.4 Å². The van der Waals surface area contributed by atoms with E-state index in [-0.39, 0.29) is 0 Å². The highest BCUT2D eigenvalue weighted by Crippen LogP contribution is 2.63. The maximum absolute atomic E-state index is 5.70. The Hall–Kier alpha value is -0.960. The van der Waals surface area contributed by atoms with Gasteiger partial charge in [0, 0.05) is 12.4 Å². The van der Waals surface area contributed by atoms with Gasteiger partial charge >= 0.3 is 0 Å². The number of nitrogens with zero attached hydrogens (tertiary/aromatic N) is 2. The first-order valence-electron chi connectivity index (χ1n) is 4.63. The molecule has 2 unspecified atom stereocenters. The number of nitrogens with two attached hydrogens (primary N) is 1. The van der Waals surface area contributed by atoms with Crippen molar-refractivity contribution in [3.63, 3.8) is 0 Å². The van der Waals surface area contributed by atoms with Crippen LogP contribution in [-0.4, -0.2) is 16.5 Å². The zero-order chi connectivity index (χ0) is 9.47. The molecular formula is C10H15N3. The Morgan fingerprint density at radius 3 is 2.46 bits per heavy atom. The predicted octanol–water partition coefficient (Wildman–Crippen LogP) is 1.17. The number of aromatic nitrogens is 2. The van der Waals surface area contributed by atoms with E-state index in [0.717, 1.165) is 6.54 Å². The summed E-state index contributed by atoms with van der Waals surface area (Å²) >= 11 is 0. The summed E-state index contributed by atoms with van der Waals surface area (Å²) in [5.74, 6) is 1.15. The van der Waals surface area contributed by atoms with Crippen LogP contribution in [0.2, 0.25) is 0 Å². The summed E-state index contributed by atoms with van der Waals surface area (Å²) in [6, 6.07) is 0. The summed E-state index contributed by atoms with van der Waals surface area (Å²) in [7, 11) is 0. The number of rotatable bonds is 2. The van der Waals surface area contributed by atoms with Gasteiger partial charge < -0.3 is 5.73 Å². The lowest BCUT2D eigenvalue weighted by Crippen LogP contribution is -2.05. The van der Waals surface area contributed by atoms with Crippen molar-refractivity contribution in [2.75, 3.05) is 6.54 Å². The van der Waals surface area contributed by atoms with Crippen molar-refractivity contribution in [3.8, 4) is 0 Å². The third-order valence-corrected chi connectivity index (χ3v) is 3.24. The van der Waals surface area contributed by atoms with Crippen molar-refractivity contribution in [3.05, 3.63) is 24.3 Å². The third kappa shape index (κ3) is 1.23. The molecule has 0 aromatic carbocycles. The third-order valence-electron chi connectivity index (χ3n) is 3.24. The van der Waals surface area contributed by atoms with E-state index in [2.05, 4.69) is 23.8 Å². The van der Waals surface area contributed by atoms with Gasteiger partial charge in [0.25, 0.3) is 0 Å². The molecule has 0 bridgehead atoms. The van der Waals surface area contributed by atoms with Gasteiger partial charge in [-0.1, -0.05) is 13.8 Å². The Kier molecular flexibility index (Phi) is 1.84. The van der Waals surface area contributed by atoms with Gasteiger partial charge in [-0.25, -0.2) is 9.97 Å². The van der Waals surface area contributed by atoms with Crippen LogP contribution in [0.25, 0.3) is 0 Å². The van der Waals surface area contributed by atoms with Gasteiger partial charge in [-0.3, -0.25) is 0 Å². The van der Waals surface area contributed by atoms with Gasteiger partial charge in [0.15, 0.2) is 0 Å². The van der Waals surface area contributed by atoms with Crippen LogP contribution in [0.15, 0.2) is 18.7 Å². The Morgan fingerprint density at radius 2 is 2.00 bits per heavy atom. The Morgan fingerprint density at radius 1 is 1.38 bits per heavy atom. The molecule has 70 valence electrons. The SMILES string of the molecule is CC1(C)C(CN)C1c1cncnc1. The van der Waals surface area contributed by atoms with Crippen LogP contribution in [-0.2, 0) is 0 Å². The molecular weight excluding hydrogens is 162 g/mol. The first-order valence-corrected chi connectivity index (χ1v) is 4.63. The van der Waals surface area contributed by atoms with E-state index in [9.17, 15) is 0 Å². The molecule has 2 rings (SSSR count). The molecule has 0 amide bonds. The highest BCUT2D eigenvalue weighted by molar-refractivity contribution is 5.27. The molecule has 13 heavy (non-hydrogen) atoms. The molecule has 3 nitrogen and oxygen atoms in total. The van der Waals surface area contributed by atoms with E-state index < -0.39 is 0 Å². The fourth-order valence-electron chi connectivity index (χ4n) is 2.32. The van der Waals surface area contributed by atoms with Crippen LogP contribution >= 0.6 is 0 Å². The Balaban J connectivity index is 2.22. The average Bonchev–Trinajstić information content (AvgIpc) is 2.69. The van der Waals surface area contributed by atoms with Crippen LogP contribution < -0.4 is 5.73 Å². The van der Waals surface area contributed by atoms with E-state index in [1.807, 2.05) is 12.4 Å². The minimum Gasteiger partial charge on any atom is -0.330 e. The molecule has 0 radical (unpaired) electrons. The molecule has 1 aliphatic rings. The second-order valence-electron chi connectivity index (χ2n) is 4.31. The summed E-state index contributed by atoms with van der Waals surface area (Å²) in [6.45, 7) is 5.26. The first-order chi connectivity index (χ1) is 6.18. The molecule has 1 aliphatic carbocycles. The van der Waals surface area contributed by atoms with Crippen molar-refractivity contribution in [1.82, 2.24) is 9.97 Å². The van der Waals surface area contributed by atoms with Crippen LogP contribution in [0.5, 0.6) is 0 Å². The van der Waals surface area contributed by atoms with Gasteiger partial charge in [-0.15, -0.1) is 0 Å². The lowest BCUT2D eigenvalue weighted by Gasteiger charge is -2.00. The normalized spacial score (nSPS) is 30.1. The lowest BCUT2D eigenvalue weighted by atomic mass is 10.1. The monoisotopic (exact) mass is 177 g/mol. The molecule has 0 aliphatic heterocycles. The number of hydrogen-bond donors (Lipinski definition) is 1. The summed E-state index contributed by atoms with van der Waals surface area (Å²) in [5, 5.41) is 0. The summed E-state index contributed by atoms with van der Waals surface area (Å²) in [4.78, 5) is 8.06. The molecule has 1 aromatic heterocycles. The zero-order valence-electron chi connectivity index (χ0n) is 8.07. The maximum atomic E-state index is 5.70. The maximum Gasteiger partial charge on any atom is 0.115 e. The fraction of sp³-hybridized carbons (Fsp3) is 0.600. The average molecular weight is 177 g/mol. The van der Waals surface area contributed by atoms with E-state index in [4.69, 9.17) is 5.73 Å². The van der Waals surface area contributed by atoms with Gasteiger partial charge in [-0.2, -0.15) is 0 Å². The smallest absolute Gasteiger partial charge is 0.115 e. The second kappa shape index (κ2) is 2.77. The molecule has 1 aromatic rings. The van der Waals surface area contributed by atoms with Gasteiger partial charge in [0.2, 0.25) is 0 Å². The van der Waals surface area contributed by atoms with Crippen LogP contribution in [0, 0.1) is 11.3 Å². The van der Waals surface area contributed by atoms with Crippen molar-refractivity contribution in [1.29, 1.82) is 0 Å². The van der Waals surface area contributed by atoms with E-state index in [0.29, 0.717) is 17.3 Å². The topological polar surface area (TPSA) is 51.8 Å². The summed E-state index contributed by atoms with van der Waals surface area (Å²) in [6.07, 6.45) is 5.36. The van der Waals surface area contributed by atoms with Crippen LogP contribution in [0.1, 0.15) is 25.3 Å². The summed E-state index contributed by atoms with van der Waals surface area (Å²) in [5.41, 5.74) is 7.25. The van der Waals surface area contributed by atoms with Crippen molar-refractivity contribution in [2.45, 2.75) is 19.8 Å². The zero-order valence-corrected chi connectivity index (χ0v) is 8.07. The quantitative estimate of drug-likeness (QED) is 0.738. The van der Waals surface area contributed by atoms with E-state index in [1.54, 1.807) is 6.33 Å². The minimum absolute atomic E-state index is 0.333. The molecule has 3 heteroatoms. The molecule has 0 saturated heterocycles. The molecule has 1 fully saturated rings. The molecule has 0 spiro atoms. The lowest BCUT2D eigenvalue weighted by molar-refractivity contribution is 0.558. The fourth-order valence-corrected chi connectivity index (χ4v) is 2.32. The first kappa shape index (κ1) is 8.63. The van der Waals surface area contributed by atoms with Crippen molar-refractivity contribution < 1.29 is 0 Å². The largest absolute Gasteiger partial charge is 0.330 e. The van der Waals surface area contributed by atoms with Crippen LogP contribution in [0.3, 0.4) is 0 Å². The summed E-state index contributed by atoms with van der Waals surface area (Å²) < 4.78 is 0. The predicted molar refractivity (Wildman–Crippen MR) is 51.1 cm³/mol. The molecule has 2 atom stereocenters. The molecule has 1 saturated carbocycles. The van der Waals surface area contributed by atoms with Crippen molar-refractivity contribution in [2.24, 2.45) is 17.1 Å². The highest BCUT2D eigenvalue weighted by atomic mass is 14.8. The Labute approximate surface area is 78.4 Å². The van der Waals surface area contributed by atoms with E-state index in [1.165, 1.54) is 5.56 Å².